The van der Waals surface area contributed by atoms with E-state index in [0.29, 0.717) is 31.6 Å². The van der Waals surface area contributed by atoms with Crippen molar-refractivity contribution in [2.24, 2.45) is 0 Å². The fraction of sp³-hybridized carbons (Fsp3) is 0.750. The molecule has 148 valence electrons. The van der Waals surface area contributed by atoms with Gasteiger partial charge in [0.1, 0.15) is 16.1 Å². The average Bonchev–Trinajstić information content (AvgIpc) is 3.14. The molecule has 1 atom stereocenters. The number of carbonyl (C=O) groups excluding carboxylic acids is 1. The molecule has 2 heterocycles. The third-order valence-corrected chi connectivity index (χ3v) is 6.87. The highest BCUT2D eigenvalue weighted by atomic mass is 35.5. The van der Waals surface area contributed by atoms with Crippen LogP contribution in [0.4, 0.5) is 0 Å². The highest BCUT2D eigenvalue weighted by Gasteiger charge is 2.47. The van der Waals surface area contributed by atoms with Crippen LogP contribution >= 0.6 is 12.4 Å². The number of hydrogen-bond donors (Lipinski definition) is 2. The van der Waals surface area contributed by atoms with E-state index in [1.807, 2.05) is 6.92 Å². The molecule has 1 saturated carbocycles. The molecule has 8 nitrogen and oxygen atoms in total. The lowest BCUT2D eigenvalue weighted by Gasteiger charge is -2.38. The van der Waals surface area contributed by atoms with Crippen LogP contribution in [-0.4, -0.2) is 55.6 Å². The zero-order valence-electron chi connectivity index (χ0n) is 15.4. The number of aromatic nitrogens is 1. The lowest BCUT2D eigenvalue weighted by molar-refractivity contribution is -0.138. The van der Waals surface area contributed by atoms with Crippen LogP contribution in [0.15, 0.2) is 9.42 Å². The van der Waals surface area contributed by atoms with Crippen molar-refractivity contribution in [2.45, 2.75) is 62.9 Å². The molecule has 1 aromatic heterocycles. The smallest absolute Gasteiger partial charge is 0.246 e. The van der Waals surface area contributed by atoms with Gasteiger partial charge in [0.15, 0.2) is 5.76 Å². The Bertz CT molecular complexity index is 739. The number of piperazine rings is 1. The molecule has 0 aromatic carbocycles. The number of hydrogen-bond acceptors (Lipinski definition) is 6. The summed E-state index contributed by atoms with van der Waals surface area (Å²) in [5, 5.41) is 7.03. The van der Waals surface area contributed by atoms with Gasteiger partial charge in [-0.2, -0.15) is 4.72 Å². The number of aryl methyl sites for hydroxylation is 2. The molecule has 1 unspecified atom stereocenters. The third-order valence-electron chi connectivity index (χ3n) is 5.09. The Labute approximate surface area is 160 Å². The summed E-state index contributed by atoms with van der Waals surface area (Å²) in [5.41, 5.74) is -0.757. The van der Waals surface area contributed by atoms with Crippen LogP contribution < -0.4 is 10.0 Å². The number of nitrogens with one attached hydrogen (secondary N) is 2. The van der Waals surface area contributed by atoms with Gasteiger partial charge in [0.05, 0.1) is 0 Å². The lowest BCUT2D eigenvalue weighted by atomic mass is 9.96. The Morgan fingerprint density at radius 2 is 2.00 bits per heavy atom. The molecule has 10 heteroatoms. The molecule has 1 aliphatic heterocycles. The minimum absolute atomic E-state index is 0. The van der Waals surface area contributed by atoms with E-state index in [-0.39, 0.29) is 35.0 Å². The van der Waals surface area contributed by atoms with Crippen molar-refractivity contribution in [3.8, 4) is 0 Å². The number of sulfonamides is 1. The van der Waals surface area contributed by atoms with E-state index in [2.05, 4.69) is 15.2 Å². The Balaban J connectivity index is 0.00000243. The van der Waals surface area contributed by atoms with Gasteiger partial charge in [0.2, 0.25) is 15.9 Å². The number of nitrogens with zero attached hydrogens (tertiary/aromatic N) is 2. The van der Waals surface area contributed by atoms with Crippen molar-refractivity contribution >= 4 is 28.3 Å². The van der Waals surface area contributed by atoms with Gasteiger partial charge in [-0.25, -0.2) is 8.42 Å². The Hall–Kier alpha value is -1.16. The summed E-state index contributed by atoms with van der Waals surface area (Å²) in [5.74, 6) is 0.120. The van der Waals surface area contributed by atoms with Crippen LogP contribution in [0.1, 0.15) is 44.1 Å². The second kappa shape index (κ2) is 7.84. The van der Waals surface area contributed by atoms with Crippen LogP contribution in [-0.2, 0) is 14.8 Å². The van der Waals surface area contributed by atoms with Crippen molar-refractivity contribution < 1.29 is 17.7 Å². The van der Waals surface area contributed by atoms with Gasteiger partial charge in [-0.1, -0.05) is 18.0 Å². The monoisotopic (exact) mass is 406 g/mol. The van der Waals surface area contributed by atoms with Crippen LogP contribution in [0.2, 0.25) is 0 Å². The molecule has 1 saturated heterocycles. The first-order valence-corrected chi connectivity index (χ1v) is 10.2. The minimum Gasteiger partial charge on any atom is -0.360 e. The molecule has 3 rings (SSSR count). The van der Waals surface area contributed by atoms with E-state index in [1.165, 1.54) is 0 Å². The number of halogens is 1. The van der Waals surface area contributed by atoms with Crippen molar-refractivity contribution in [2.75, 3.05) is 19.6 Å². The summed E-state index contributed by atoms with van der Waals surface area (Å²) >= 11 is 0. The van der Waals surface area contributed by atoms with Crippen LogP contribution in [0.3, 0.4) is 0 Å². The third kappa shape index (κ3) is 3.90. The number of amides is 1. The largest absolute Gasteiger partial charge is 0.360 e. The van der Waals surface area contributed by atoms with E-state index >= 15 is 0 Å². The first-order chi connectivity index (χ1) is 11.8. The fourth-order valence-corrected chi connectivity index (χ4v) is 5.67. The van der Waals surface area contributed by atoms with Gasteiger partial charge in [-0.3, -0.25) is 4.79 Å². The first-order valence-electron chi connectivity index (χ1n) is 8.75. The van der Waals surface area contributed by atoms with Gasteiger partial charge >= 0.3 is 0 Å². The molecule has 2 aliphatic rings. The molecule has 1 amide bonds. The molecule has 26 heavy (non-hydrogen) atoms. The van der Waals surface area contributed by atoms with E-state index in [0.717, 1.165) is 19.4 Å². The molecule has 0 radical (unpaired) electrons. The predicted molar refractivity (Wildman–Crippen MR) is 98.8 cm³/mol. The normalized spacial score (nSPS) is 22.9. The molecule has 1 aliphatic carbocycles. The maximum Gasteiger partial charge on any atom is 0.246 e. The average molecular weight is 407 g/mol. The van der Waals surface area contributed by atoms with E-state index in [4.69, 9.17) is 4.52 Å². The van der Waals surface area contributed by atoms with E-state index in [9.17, 15) is 13.2 Å². The van der Waals surface area contributed by atoms with Crippen LogP contribution in [0.25, 0.3) is 0 Å². The predicted octanol–water partition coefficient (Wildman–Crippen LogP) is 1.12. The standard InChI is InChI=1S/C16H26N4O4S.ClH/c1-11-10-20(9-8-17-11)15(21)16(6-4-5-7-16)19-25(22,23)14-12(2)18-24-13(14)3;/h11,17,19H,4-10H2,1-3H3;1H. The Morgan fingerprint density at radius 3 is 2.54 bits per heavy atom. The maximum absolute atomic E-state index is 13.2. The highest BCUT2D eigenvalue weighted by molar-refractivity contribution is 7.89. The SMILES string of the molecule is Cc1noc(C)c1S(=O)(=O)NC1(C(=O)N2CCNC(C)C2)CCCC1.Cl. The Kier molecular flexibility index (Phi) is 6.37. The van der Waals surface area contributed by atoms with Crippen molar-refractivity contribution in [3.05, 3.63) is 11.5 Å². The van der Waals surface area contributed by atoms with Crippen molar-refractivity contribution in [3.63, 3.8) is 0 Å². The maximum atomic E-state index is 13.2. The summed E-state index contributed by atoms with van der Waals surface area (Å²) < 4.78 is 33.6. The van der Waals surface area contributed by atoms with Crippen molar-refractivity contribution in [1.82, 2.24) is 20.1 Å². The van der Waals surface area contributed by atoms with Gasteiger partial charge in [0, 0.05) is 25.7 Å². The summed E-state index contributed by atoms with van der Waals surface area (Å²) in [7, 11) is -3.89. The first kappa shape index (κ1) is 21.1. The summed E-state index contributed by atoms with van der Waals surface area (Å²) in [6, 6.07) is 0.204. The fourth-order valence-electron chi connectivity index (χ4n) is 3.92. The summed E-state index contributed by atoms with van der Waals surface area (Å²) in [6.45, 7) is 7.09. The topological polar surface area (TPSA) is 105 Å². The van der Waals surface area contributed by atoms with Gasteiger partial charge in [-0.15, -0.1) is 12.4 Å². The molecule has 1 aromatic rings. The highest BCUT2D eigenvalue weighted by Crippen LogP contribution is 2.34. The number of carbonyl (C=O) groups is 1. The summed E-state index contributed by atoms with van der Waals surface area (Å²) in [6.07, 6.45) is 2.70. The quantitative estimate of drug-likeness (QED) is 0.776. The van der Waals surface area contributed by atoms with Crippen molar-refractivity contribution in [1.29, 1.82) is 0 Å². The van der Waals surface area contributed by atoms with Gasteiger partial charge < -0.3 is 14.7 Å². The molecular weight excluding hydrogens is 380 g/mol. The molecular formula is C16H27ClN4O4S. The second-order valence-corrected chi connectivity index (χ2v) is 8.77. The second-order valence-electron chi connectivity index (χ2n) is 7.15. The molecule has 2 fully saturated rings. The zero-order valence-corrected chi connectivity index (χ0v) is 17.0. The minimum atomic E-state index is -3.89. The number of rotatable bonds is 4. The van der Waals surface area contributed by atoms with E-state index < -0.39 is 15.6 Å². The van der Waals surface area contributed by atoms with Crippen LogP contribution in [0, 0.1) is 13.8 Å². The van der Waals surface area contributed by atoms with Gasteiger partial charge in [0.25, 0.3) is 0 Å². The molecule has 0 bridgehead atoms. The summed E-state index contributed by atoms with van der Waals surface area (Å²) in [4.78, 5) is 15.0. The molecule has 2 N–H and O–H groups in total. The lowest BCUT2D eigenvalue weighted by Crippen LogP contribution is -2.62. The molecule has 0 spiro atoms. The Morgan fingerprint density at radius 1 is 1.35 bits per heavy atom. The van der Waals surface area contributed by atoms with E-state index in [1.54, 1.807) is 18.7 Å². The van der Waals surface area contributed by atoms with Crippen LogP contribution in [0.5, 0.6) is 0 Å². The zero-order chi connectivity index (χ0) is 18.2. The van der Waals surface area contributed by atoms with Gasteiger partial charge in [-0.05, 0) is 33.6 Å².